The minimum atomic E-state index is -4.70. The van der Waals surface area contributed by atoms with Gasteiger partial charge < -0.3 is 20.3 Å². The van der Waals surface area contributed by atoms with Gasteiger partial charge in [0.1, 0.15) is 23.9 Å². The van der Waals surface area contributed by atoms with Gasteiger partial charge in [0.25, 0.3) is 5.91 Å². The number of aromatic nitrogens is 4. The molecule has 11 nitrogen and oxygen atoms in total. The van der Waals surface area contributed by atoms with Gasteiger partial charge in [0, 0.05) is 55.9 Å². The number of rotatable bonds is 7. The number of amides is 1. The quantitative estimate of drug-likeness (QED) is 0.175. The molecule has 6 rings (SSSR count). The molecule has 246 valence electrons. The van der Waals surface area contributed by atoms with Gasteiger partial charge >= 0.3 is 12.2 Å². The second kappa shape index (κ2) is 12.3. The summed E-state index contributed by atoms with van der Waals surface area (Å²) in [6.07, 6.45) is -2.60. The second-order valence-corrected chi connectivity index (χ2v) is 11.6. The summed E-state index contributed by atoms with van der Waals surface area (Å²) < 4.78 is 78.0. The molecule has 47 heavy (non-hydrogen) atoms. The van der Waals surface area contributed by atoms with Gasteiger partial charge in [0.05, 0.1) is 29.6 Å². The van der Waals surface area contributed by atoms with Crippen molar-refractivity contribution in [1.82, 2.24) is 29.2 Å². The number of likely N-dealkylation sites (tertiary alicyclic amines) is 1. The molecule has 0 aliphatic carbocycles. The van der Waals surface area contributed by atoms with E-state index in [4.69, 9.17) is 10.5 Å². The van der Waals surface area contributed by atoms with E-state index >= 15 is 0 Å². The molecule has 4 aromatic rings. The number of nitrogens with two attached hydrogens (primary N) is 1. The van der Waals surface area contributed by atoms with Crippen molar-refractivity contribution in [2.75, 3.05) is 50.5 Å². The molecule has 0 spiro atoms. The molecule has 1 amide bonds. The third-order valence-electron chi connectivity index (χ3n) is 8.56. The van der Waals surface area contributed by atoms with Crippen molar-refractivity contribution in [2.24, 2.45) is 0 Å². The Bertz CT molecular complexity index is 1910. The van der Waals surface area contributed by atoms with Crippen LogP contribution in [0.3, 0.4) is 0 Å². The van der Waals surface area contributed by atoms with Gasteiger partial charge in [-0.3, -0.25) is 14.1 Å². The van der Waals surface area contributed by atoms with Crippen LogP contribution in [0.1, 0.15) is 18.4 Å². The number of nitrogen functional groups attached to an aromatic ring is 1. The molecule has 2 N–H and O–H groups in total. The van der Waals surface area contributed by atoms with Gasteiger partial charge in [-0.1, -0.05) is 6.58 Å². The van der Waals surface area contributed by atoms with Crippen LogP contribution in [0.2, 0.25) is 0 Å². The molecule has 5 heterocycles. The van der Waals surface area contributed by atoms with E-state index < -0.39 is 35.7 Å². The zero-order chi connectivity index (χ0) is 33.6. The molecular weight excluding hydrogens is 625 g/mol. The van der Waals surface area contributed by atoms with E-state index in [1.165, 1.54) is 29.3 Å². The van der Waals surface area contributed by atoms with Crippen molar-refractivity contribution in [3.63, 3.8) is 0 Å². The van der Waals surface area contributed by atoms with Crippen LogP contribution in [0.15, 0.2) is 49.1 Å². The van der Waals surface area contributed by atoms with Gasteiger partial charge in [-0.05, 0) is 43.3 Å². The molecule has 0 radical (unpaired) electrons. The van der Waals surface area contributed by atoms with Gasteiger partial charge in [-0.2, -0.15) is 28.4 Å². The molecule has 0 saturated carbocycles. The molecule has 16 heteroatoms. The zero-order valence-corrected chi connectivity index (χ0v) is 25.2. The molecule has 2 aliphatic heterocycles. The number of ether oxygens (including phenoxy) is 1. The van der Waals surface area contributed by atoms with Crippen molar-refractivity contribution in [3.05, 3.63) is 54.6 Å². The fraction of sp³-hybridized carbons (Fsp3) is 0.387. The Hall–Kier alpha value is -5.04. The first kappa shape index (κ1) is 31.9. The highest BCUT2D eigenvalue weighted by molar-refractivity contribution is 5.96. The highest BCUT2D eigenvalue weighted by Crippen LogP contribution is 2.41. The molecule has 0 bridgehead atoms. The number of carbonyl (C=O) groups excluding carboxylic acids is 1. The van der Waals surface area contributed by atoms with Crippen molar-refractivity contribution in [1.29, 1.82) is 5.26 Å². The number of hydrogen-bond donors (Lipinski definition) is 1. The first-order valence-corrected chi connectivity index (χ1v) is 14.7. The number of carbonyl (C=O) groups is 1. The van der Waals surface area contributed by atoms with Crippen molar-refractivity contribution in [2.45, 2.75) is 37.3 Å². The maximum Gasteiger partial charge on any atom is 0.417 e. The summed E-state index contributed by atoms with van der Waals surface area (Å²) >= 11 is 0. The van der Waals surface area contributed by atoms with Crippen LogP contribution < -0.4 is 15.4 Å². The second-order valence-electron chi connectivity index (χ2n) is 11.6. The average Bonchev–Trinajstić information content (AvgIpc) is 3.64. The van der Waals surface area contributed by atoms with E-state index in [0.717, 1.165) is 6.07 Å². The van der Waals surface area contributed by atoms with Crippen LogP contribution in [0.4, 0.5) is 33.5 Å². The zero-order valence-electron chi connectivity index (χ0n) is 25.2. The summed E-state index contributed by atoms with van der Waals surface area (Å²) in [5, 5.41) is 9.49. The van der Waals surface area contributed by atoms with Crippen LogP contribution in [0.25, 0.3) is 27.8 Å². The number of alkyl halides is 4. The van der Waals surface area contributed by atoms with Crippen LogP contribution in [0.5, 0.6) is 6.01 Å². The average molecular weight is 656 g/mol. The standard InChI is InChI=1S/C31H30F5N9O2/c1-17(32)29(46)44-10-9-43(15-20(44)5-6-37)28-26-25(40-30(41-28)47-16-21-11-18(33)14-42(21)2)13-23(27-39-7-8-45(26)27)22-12-19(38)3-4-24(22)31(34,35)36/h3-4,7-8,12-13,18,20-21H,1,5,9-11,14-16,38H2,2H3/t18-,20+,21+/m1/s1. The Balaban J connectivity index is 1.51. The largest absolute Gasteiger partial charge is 0.462 e. The topological polar surface area (TPSA) is 129 Å². The molecule has 3 atom stereocenters. The Morgan fingerprint density at radius 1 is 1.17 bits per heavy atom. The summed E-state index contributed by atoms with van der Waals surface area (Å²) in [5.41, 5.74) is 5.79. The lowest BCUT2D eigenvalue weighted by Gasteiger charge is -2.41. The number of pyridine rings is 1. The summed E-state index contributed by atoms with van der Waals surface area (Å²) in [7, 11) is 1.77. The predicted octanol–water partition coefficient (Wildman–Crippen LogP) is 4.38. The van der Waals surface area contributed by atoms with Crippen LogP contribution >= 0.6 is 0 Å². The number of piperazine rings is 1. The van der Waals surface area contributed by atoms with E-state index in [1.807, 2.05) is 11.0 Å². The smallest absolute Gasteiger partial charge is 0.417 e. The number of benzene rings is 1. The number of fused-ring (bicyclic) bond motifs is 3. The Morgan fingerprint density at radius 2 is 1.96 bits per heavy atom. The first-order chi connectivity index (χ1) is 22.3. The number of imidazole rings is 1. The predicted molar refractivity (Wildman–Crippen MR) is 163 cm³/mol. The van der Waals surface area contributed by atoms with Crippen LogP contribution in [-0.4, -0.2) is 93.1 Å². The minimum absolute atomic E-state index is 0.0317. The third-order valence-corrected chi connectivity index (χ3v) is 8.56. The van der Waals surface area contributed by atoms with Crippen LogP contribution in [0, 0.1) is 11.3 Å². The van der Waals surface area contributed by atoms with Crippen molar-refractivity contribution >= 4 is 34.1 Å². The first-order valence-electron chi connectivity index (χ1n) is 14.7. The molecule has 2 fully saturated rings. The Labute approximate surface area is 265 Å². The molecule has 2 aliphatic rings. The summed E-state index contributed by atoms with van der Waals surface area (Å²) in [5.74, 6) is -1.78. The lowest BCUT2D eigenvalue weighted by molar-refractivity contribution is -0.137. The van der Waals surface area contributed by atoms with E-state index in [9.17, 15) is 32.0 Å². The lowest BCUT2D eigenvalue weighted by Crippen LogP contribution is -2.55. The maximum atomic E-state index is 14.2. The number of likely N-dealkylation sites (N-methyl/N-ethyl adjacent to an activating group) is 1. The fourth-order valence-electron chi connectivity index (χ4n) is 6.30. The molecule has 3 aromatic heterocycles. The fourth-order valence-corrected chi connectivity index (χ4v) is 6.30. The third kappa shape index (κ3) is 6.10. The normalized spacial score (nSPS) is 20.6. The van der Waals surface area contributed by atoms with Gasteiger partial charge in [0.15, 0.2) is 11.6 Å². The number of halogens is 5. The highest BCUT2D eigenvalue weighted by atomic mass is 19.4. The summed E-state index contributed by atoms with van der Waals surface area (Å²) in [6.45, 7) is 3.65. The number of nitriles is 1. The molecular formula is C31H30F5N9O2. The number of nitrogens with zero attached hydrogens (tertiary/aromatic N) is 8. The van der Waals surface area contributed by atoms with E-state index in [0.29, 0.717) is 11.3 Å². The maximum absolute atomic E-state index is 14.2. The Morgan fingerprint density at radius 3 is 2.64 bits per heavy atom. The molecule has 0 unspecified atom stereocenters. The van der Waals surface area contributed by atoms with Gasteiger partial charge in [-0.25, -0.2) is 13.8 Å². The minimum Gasteiger partial charge on any atom is -0.462 e. The SMILES string of the molecule is C=C(F)C(=O)N1CCN(c2nc(OC[C@@H]3C[C@@H](F)CN3C)nc3cc(-c4cc(N)ccc4C(F)(F)F)c4nccn4c23)C[C@@H]1CC#N. The van der Waals surface area contributed by atoms with E-state index in [2.05, 4.69) is 21.5 Å². The molecule has 2 saturated heterocycles. The van der Waals surface area contributed by atoms with E-state index in [1.54, 1.807) is 22.5 Å². The lowest BCUT2D eigenvalue weighted by atomic mass is 9.98. The molecule has 1 aromatic carbocycles. The van der Waals surface area contributed by atoms with Crippen molar-refractivity contribution in [3.8, 4) is 23.2 Å². The van der Waals surface area contributed by atoms with Crippen LogP contribution in [-0.2, 0) is 11.0 Å². The highest BCUT2D eigenvalue weighted by Gasteiger charge is 2.36. The summed E-state index contributed by atoms with van der Waals surface area (Å²) in [4.78, 5) is 31.0. The number of anilines is 2. The van der Waals surface area contributed by atoms with Gasteiger partial charge in [0.2, 0.25) is 0 Å². The van der Waals surface area contributed by atoms with Gasteiger partial charge in [-0.15, -0.1) is 0 Å². The number of hydrogen-bond acceptors (Lipinski definition) is 9. The Kier molecular flexibility index (Phi) is 8.35. The monoisotopic (exact) mass is 655 g/mol. The summed E-state index contributed by atoms with van der Waals surface area (Å²) in [6, 6.07) is 5.70. The van der Waals surface area contributed by atoms with E-state index in [-0.39, 0.29) is 85.7 Å². The van der Waals surface area contributed by atoms with Crippen molar-refractivity contribution < 1.29 is 31.5 Å².